The van der Waals surface area contributed by atoms with Crippen LogP contribution < -0.4 is 0 Å². The van der Waals surface area contributed by atoms with Crippen LogP contribution in [0.2, 0.25) is 0 Å². The van der Waals surface area contributed by atoms with Crippen LogP contribution in [0, 0.1) is 6.92 Å². The van der Waals surface area contributed by atoms with Crippen molar-refractivity contribution in [3.8, 4) is 0 Å². The van der Waals surface area contributed by atoms with Crippen LogP contribution in [-0.4, -0.2) is 35.1 Å². The summed E-state index contributed by atoms with van der Waals surface area (Å²) in [6.07, 6.45) is 3.25. The fourth-order valence-electron chi connectivity index (χ4n) is 2.00. The van der Waals surface area contributed by atoms with Crippen molar-refractivity contribution >= 4 is 5.91 Å². The van der Waals surface area contributed by atoms with Gasteiger partial charge in [0.25, 0.3) is 0 Å². The number of carbonyl (C=O) groups excluding carboxylic acids is 1. The second kappa shape index (κ2) is 5.36. The van der Waals surface area contributed by atoms with Gasteiger partial charge in [-0.05, 0) is 31.9 Å². The molecule has 1 heterocycles. The molecule has 4 nitrogen and oxygen atoms in total. The molecule has 1 aliphatic rings. The van der Waals surface area contributed by atoms with Crippen LogP contribution in [0.3, 0.4) is 0 Å². The average molecular weight is 237 g/mol. The molecule has 94 valence electrons. The second-order valence-electron chi connectivity index (χ2n) is 4.55. The van der Waals surface area contributed by atoms with E-state index in [1.165, 1.54) is 0 Å². The number of hydrogen-bond acceptors (Lipinski definition) is 3. The van der Waals surface area contributed by atoms with E-state index in [-0.39, 0.29) is 12.5 Å². The van der Waals surface area contributed by atoms with Crippen LogP contribution in [0.5, 0.6) is 0 Å². The highest BCUT2D eigenvalue weighted by molar-refractivity contribution is 5.77. The first-order valence-corrected chi connectivity index (χ1v) is 6.16. The van der Waals surface area contributed by atoms with Crippen molar-refractivity contribution < 1.29 is 14.3 Å². The molecule has 0 aliphatic heterocycles. The number of amides is 1. The highest BCUT2D eigenvalue weighted by Crippen LogP contribution is 2.27. The first-order chi connectivity index (χ1) is 8.20. The summed E-state index contributed by atoms with van der Waals surface area (Å²) in [6, 6.07) is 4.19. The Bertz CT molecular complexity index is 382. The van der Waals surface area contributed by atoms with Gasteiger partial charge in [0.15, 0.2) is 0 Å². The van der Waals surface area contributed by atoms with E-state index in [1.54, 1.807) is 4.90 Å². The third-order valence-electron chi connectivity index (χ3n) is 3.03. The van der Waals surface area contributed by atoms with Gasteiger partial charge in [0.05, 0.1) is 6.61 Å². The van der Waals surface area contributed by atoms with Crippen molar-refractivity contribution in [1.82, 2.24) is 4.90 Å². The van der Waals surface area contributed by atoms with Gasteiger partial charge in [0, 0.05) is 25.4 Å². The number of carbonyl (C=O) groups is 1. The Morgan fingerprint density at radius 3 is 2.82 bits per heavy atom. The Hall–Kier alpha value is -1.29. The normalized spacial score (nSPS) is 14.9. The first kappa shape index (κ1) is 12.2. The Labute approximate surface area is 101 Å². The molecule has 0 spiro atoms. The summed E-state index contributed by atoms with van der Waals surface area (Å²) < 4.78 is 5.43. The molecule has 0 bridgehead atoms. The quantitative estimate of drug-likeness (QED) is 0.815. The summed E-state index contributed by atoms with van der Waals surface area (Å²) >= 11 is 0. The Kier molecular flexibility index (Phi) is 3.84. The number of nitrogens with zero attached hydrogens (tertiary/aromatic N) is 1. The third-order valence-corrected chi connectivity index (χ3v) is 3.03. The zero-order chi connectivity index (χ0) is 12.3. The topological polar surface area (TPSA) is 53.7 Å². The second-order valence-corrected chi connectivity index (χ2v) is 4.55. The molecule has 1 aromatic rings. The van der Waals surface area contributed by atoms with Crippen LogP contribution in [0.15, 0.2) is 16.5 Å². The molecule has 1 fully saturated rings. The fraction of sp³-hybridized carbons (Fsp3) is 0.615. The lowest BCUT2D eigenvalue weighted by Gasteiger charge is -2.21. The summed E-state index contributed by atoms with van der Waals surface area (Å²) in [5.74, 6) is 1.85. The van der Waals surface area contributed by atoms with E-state index in [9.17, 15) is 4.79 Å². The Morgan fingerprint density at radius 2 is 2.29 bits per heavy atom. The predicted molar refractivity (Wildman–Crippen MR) is 63.6 cm³/mol. The van der Waals surface area contributed by atoms with Gasteiger partial charge in [0.2, 0.25) is 5.91 Å². The van der Waals surface area contributed by atoms with Crippen molar-refractivity contribution in [2.24, 2.45) is 0 Å². The van der Waals surface area contributed by atoms with E-state index >= 15 is 0 Å². The minimum Gasteiger partial charge on any atom is -0.466 e. The van der Waals surface area contributed by atoms with Crippen LogP contribution in [0.1, 0.15) is 30.8 Å². The van der Waals surface area contributed by atoms with Gasteiger partial charge in [-0.3, -0.25) is 4.79 Å². The molecule has 1 amide bonds. The molecule has 0 unspecified atom stereocenters. The zero-order valence-corrected chi connectivity index (χ0v) is 10.2. The number of aliphatic hydroxyl groups is 1. The number of aliphatic hydroxyl groups excluding tert-OH is 1. The molecule has 1 aromatic heterocycles. The number of rotatable bonds is 6. The molecular weight excluding hydrogens is 218 g/mol. The SMILES string of the molecule is Cc1ccc(CCC(=O)N(CCO)C2CC2)o1. The standard InChI is InChI=1S/C13H19NO3/c1-10-2-5-12(17-10)6-7-13(16)14(8-9-15)11-3-4-11/h2,5,11,15H,3-4,6-9H2,1H3. The van der Waals surface area contributed by atoms with E-state index in [2.05, 4.69) is 0 Å². The fourth-order valence-corrected chi connectivity index (χ4v) is 2.00. The zero-order valence-electron chi connectivity index (χ0n) is 10.2. The largest absolute Gasteiger partial charge is 0.466 e. The molecule has 1 aliphatic carbocycles. The maximum atomic E-state index is 12.0. The lowest BCUT2D eigenvalue weighted by atomic mass is 10.2. The van der Waals surface area contributed by atoms with Gasteiger partial charge in [-0.1, -0.05) is 0 Å². The monoisotopic (exact) mass is 237 g/mol. The molecule has 0 aromatic carbocycles. The molecular formula is C13H19NO3. The van der Waals surface area contributed by atoms with Gasteiger partial charge < -0.3 is 14.4 Å². The summed E-state index contributed by atoms with van der Waals surface area (Å²) in [6.45, 7) is 2.40. The van der Waals surface area contributed by atoms with Crippen molar-refractivity contribution in [3.05, 3.63) is 23.7 Å². The van der Waals surface area contributed by atoms with Crippen molar-refractivity contribution in [1.29, 1.82) is 0 Å². The van der Waals surface area contributed by atoms with E-state index in [0.29, 0.717) is 25.4 Å². The van der Waals surface area contributed by atoms with E-state index in [1.807, 2.05) is 19.1 Å². The maximum Gasteiger partial charge on any atom is 0.223 e. The lowest BCUT2D eigenvalue weighted by Crippen LogP contribution is -2.35. The number of hydrogen-bond donors (Lipinski definition) is 1. The highest BCUT2D eigenvalue weighted by atomic mass is 16.3. The third kappa shape index (κ3) is 3.33. The molecule has 4 heteroatoms. The van der Waals surface area contributed by atoms with Crippen LogP contribution >= 0.6 is 0 Å². The van der Waals surface area contributed by atoms with Crippen LogP contribution in [0.4, 0.5) is 0 Å². The van der Waals surface area contributed by atoms with Gasteiger partial charge in [0.1, 0.15) is 11.5 Å². The average Bonchev–Trinajstić information content (AvgIpc) is 3.06. The lowest BCUT2D eigenvalue weighted by molar-refractivity contribution is -0.132. The Balaban J connectivity index is 1.82. The minimum atomic E-state index is 0.0438. The maximum absolute atomic E-state index is 12.0. The van der Waals surface area contributed by atoms with Crippen molar-refractivity contribution in [2.45, 2.75) is 38.6 Å². The number of aryl methyl sites for hydroxylation is 2. The van der Waals surface area contributed by atoms with Crippen molar-refractivity contribution in [3.63, 3.8) is 0 Å². The summed E-state index contributed by atoms with van der Waals surface area (Å²) in [7, 11) is 0. The molecule has 1 saturated carbocycles. The van der Waals surface area contributed by atoms with Crippen molar-refractivity contribution in [2.75, 3.05) is 13.2 Å². The molecule has 0 saturated heterocycles. The number of furan rings is 1. The predicted octanol–water partition coefficient (Wildman–Crippen LogP) is 1.50. The Morgan fingerprint density at radius 1 is 1.53 bits per heavy atom. The van der Waals surface area contributed by atoms with Gasteiger partial charge >= 0.3 is 0 Å². The molecule has 2 rings (SSSR count). The molecule has 0 atom stereocenters. The van der Waals surface area contributed by atoms with Gasteiger partial charge in [-0.2, -0.15) is 0 Å². The summed E-state index contributed by atoms with van der Waals surface area (Å²) in [5, 5.41) is 8.94. The molecule has 0 radical (unpaired) electrons. The van der Waals surface area contributed by atoms with Gasteiger partial charge in [-0.25, -0.2) is 0 Å². The van der Waals surface area contributed by atoms with Gasteiger partial charge in [-0.15, -0.1) is 0 Å². The first-order valence-electron chi connectivity index (χ1n) is 6.16. The van der Waals surface area contributed by atoms with E-state index in [0.717, 1.165) is 24.4 Å². The smallest absolute Gasteiger partial charge is 0.223 e. The van der Waals surface area contributed by atoms with Crippen LogP contribution in [-0.2, 0) is 11.2 Å². The minimum absolute atomic E-state index is 0.0438. The highest BCUT2D eigenvalue weighted by Gasteiger charge is 2.31. The summed E-state index contributed by atoms with van der Waals surface area (Å²) in [5.41, 5.74) is 0. The molecule has 1 N–H and O–H groups in total. The van der Waals surface area contributed by atoms with E-state index < -0.39 is 0 Å². The summed E-state index contributed by atoms with van der Waals surface area (Å²) in [4.78, 5) is 13.8. The van der Waals surface area contributed by atoms with E-state index in [4.69, 9.17) is 9.52 Å². The van der Waals surface area contributed by atoms with Crippen LogP contribution in [0.25, 0.3) is 0 Å². The molecule has 17 heavy (non-hydrogen) atoms.